The Morgan fingerprint density at radius 1 is 1.21 bits per heavy atom. The number of hydrogen-bond acceptors (Lipinski definition) is 4. The van der Waals surface area contributed by atoms with Crippen LogP contribution in [0.15, 0.2) is 12.1 Å². The number of pyridine rings is 1. The molecule has 2 aromatic heterocycles. The van der Waals surface area contributed by atoms with Crippen LogP contribution in [0.4, 0.5) is 22.0 Å². The first-order chi connectivity index (χ1) is 15.6. The maximum atomic E-state index is 13.8. The van der Waals surface area contributed by atoms with Crippen molar-refractivity contribution < 1.29 is 31.5 Å². The number of alkyl halides is 5. The van der Waals surface area contributed by atoms with Crippen LogP contribution in [0.3, 0.4) is 0 Å². The molecule has 1 aliphatic rings. The van der Waals surface area contributed by atoms with Crippen molar-refractivity contribution in [2.24, 2.45) is 11.3 Å². The average Bonchev–Trinajstić information content (AvgIpc) is 3.10. The molecule has 1 saturated carbocycles. The molecule has 1 fully saturated rings. The number of nitrogens with one attached hydrogen (secondary N) is 1. The van der Waals surface area contributed by atoms with Crippen molar-refractivity contribution in [3.05, 3.63) is 34.8 Å². The van der Waals surface area contributed by atoms with Crippen LogP contribution in [0.2, 0.25) is 0 Å². The predicted octanol–water partition coefficient (Wildman–Crippen LogP) is 4.94. The smallest absolute Gasteiger partial charge is 0.345 e. The standard InChI is InChI=1S/C23H25F5N4O2/c1-21(2,3)17(33)12-30-20(34)14-9-15(11-29)32-16(8-13-4-6-22(24,25)7-5-13)19(23(26,27)28)31-18(32)10-14/h9-10,13H,4-8,12H2,1-3H3,(H,30,34). The van der Waals surface area contributed by atoms with Gasteiger partial charge in [-0.15, -0.1) is 0 Å². The van der Waals surface area contributed by atoms with Crippen LogP contribution in [-0.2, 0) is 17.4 Å². The van der Waals surface area contributed by atoms with Crippen molar-refractivity contribution in [1.82, 2.24) is 14.7 Å². The summed E-state index contributed by atoms with van der Waals surface area (Å²) in [7, 11) is 0. The zero-order valence-corrected chi connectivity index (χ0v) is 19.0. The third-order valence-electron chi connectivity index (χ3n) is 6.03. The Bertz CT molecular complexity index is 1150. The number of halogens is 5. The monoisotopic (exact) mass is 484 g/mol. The van der Waals surface area contributed by atoms with Gasteiger partial charge >= 0.3 is 6.18 Å². The Hall–Kier alpha value is -3.03. The molecule has 0 saturated heterocycles. The molecular weight excluding hydrogens is 459 g/mol. The summed E-state index contributed by atoms with van der Waals surface area (Å²) in [6.45, 7) is 4.76. The largest absolute Gasteiger partial charge is 0.435 e. The van der Waals surface area contributed by atoms with Crippen molar-refractivity contribution in [3.63, 3.8) is 0 Å². The van der Waals surface area contributed by atoms with Gasteiger partial charge in [0.15, 0.2) is 11.5 Å². The van der Waals surface area contributed by atoms with Crippen molar-refractivity contribution >= 4 is 17.3 Å². The number of imidazole rings is 1. The highest BCUT2D eigenvalue weighted by atomic mass is 19.4. The van der Waals surface area contributed by atoms with Gasteiger partial charge in [0.05, 0.1) is 12.2 Å². The van der Waals surface area contributed by atoms with Crippen LogP contribution >= 0.6 is 0 Å². The molecule has 0 radical (unpaired) electrons. The van der Waals surface area contributed by atoms with Gasteiger partial charge in [0, 0.05) is 23.8 Å². The van der Waals surface area contributed by atoms with Crippen molar-refractivity contribution in [3.8, 4) is 6.07 Å². The normalized spacial score (nSPS) is 16.9. The summed E-state index contributed by atoms with van der Waals surface area (Å²) in [6, 6.07) is 4.04. The summed E-state index contributed by atoms with van der Waals surface area (Å²) in [5, 5.41) is 12.0. The Morgan fingerprint density at radius 2 is 1.82 bits per heavy atom. The Labute approximate surface area is 193 Å². The molecule has 1 aliphatic carbocycles. The van der Waals surface area contributed by atoms with E-state index >= 15 is 0 Å². The van der Waals surface area contributed by atoms with Crippen LogP contribution in [-0.4, -0.2) is 33.5 Å². The fraction of sp³-hybridized carbons (Fsp3) is 0.565. The number of carbonyl (C=O) groups is 2. The first kappa shape index (κ1) is 25.6. The molecule has 6 nitrogen and oxygen atoms in total. The molecule has 0 aliphatic heterocycles. The molecule has 0 unspecified atom stereocenters. The highest BCUT2D eigenvalue weighted by Gasteiger charge is 2.41. The number of amides is 1. The molecule has 34 heavy (non-hydrogen) atoms. The highest BCUT2D eigenvalue weighted by Crippen LogP contribution is 2.40. The summed E-state index contributed by atoms with van der Waals surface area (Å²) < 4.78 is 69.4. The van der Waals surface area contributed by atoms with Crippen LogP contribution < -0.4 is 5.32 Å². The summed E-state index contributed by atoms with van der Waals surface area (Å²) in [4.78, 5) is 28.3. The second-order valence-electron chi connectivity index (χ2n) is 9.70. The van der Waals surface area contributed by atoms with Crippen molar-refractivity contribution in [2.45, 2.75) is 65.0 Å². The van der Waals surface area contributed by atoms with E-state index < -0.39 is 47.9 Å². The fourth-order valence-electron chi connectivity index (χ4n) is 3.97. The maximum Gasteiger partial charge on any atom is 0.435 e. The van der Waals surface area contributed by atoms with Gasteiger partial charge in [0.25, 0.3) is 5.91 Å². The second-order valence-corrected chi connectivity index (χ2v) is 9.70. The van der Waals surface area contributed by atoms with E-state index in [1.54, 1.807) is 26.8 Å². The van der Waals surface area contributed by atoms with Gasteiger partial charge in [0.2, 0.25) is 5.92 Å². The zero-order valence-electron chi connectivity index (χ0n) is 19.0. The third kappa shape index (κ3) is 5.54. The lowest BCUT2D eigenvalue weighted by Gasteiger charge is -2.28. The minimum absolute atomic E-state index is 0.0573. The van der Waals surface area contributed by atoms with Gasteiger partial charge in [-0.1, -0.05) is 20.8 Å². The summed E-state index contributed by atoms with van der Waals surface area (Å²) in [5.41, 5.74) is -2.81. The quantitative estimate of drug-likeness (QED) is 0.610. The molecule has 0 aromatic carbocycles. The lowest BCUT2D eigenvalue weighted by atomic mass is 9.83. The number of ketones is 1. The lowest BCUT2D eigenvalue weighted by Crippen LogP contribution is -2.35. The molecule has 3 rings (SSSR count). The molecule has 0 bridgehead atoms. The Morgan fingerprint density at radius 3 is 2.35 bits per heavy atom. The molecule has 11 heteroatoms. The Balaban J connectivity index is 1.98. The number of nitrogens with zero attached hydrogens (tertiary/aromatic N) is 3. The van der Waals surface area contributed by atoms with E-state index in [1.165, 1.54) is 0 Å². The molecule has 0 spiro atoms. The SMILES string of the molecule is CC(C)(C)C(=O)CNC(=O)c1cc(C#N)n2c(CC3CCC(F)(F)CC3)c(C(F)(F)F)nc2c1. The minimum atomic E-state index is -4.84. The molecule has 2 aromatic rings. The summed E-state index contributed by atoms with van der Waals surface area (Å²) in [6.07, 6.45) is -5.71. The van der Waals surface area contributed by atoms with Gasteiger partial charge < -0.3 is 5.32 Å². The Kier molecular flexibility index (Phi) is 6.75. The number of carbonyl (C=O) groups excluding carboxylic acids is 2. The summed E-state index contributed by atoms with van der Waals surface area (Å²) >= 11 is 0. The van der Waals surface area contributed by atoms with Crippen LogP contribution in [0, 0.1) is 22.7 Å². The third-order valence-corrected chi connectivity index (χ3v) is 6.03. The van der Waals surface area contributed by atoms with Gasteiger partial charge in [0.1, 0.15) is 17.4 Å². The first-order valence-electron chi connectivity index (χ1n) is 10.8. The van der Waals surface area contributed by atoms with Crippen molar-refractivity contribution in [1.29, 1.82) is 5.26 Å². The second kappa shape index (κ2) is 8.96. The van der Waals surface area contributed by atoms with Gasteiger partial charge in [-0.3, -0.25) is 14.0 Å². The number of nitriles is 1. The predicted molar refractivity (Wildman–Crippen MR) is 112 cm³/mol. The number of rotatable bonds is 5. The molecule has 184 valence electrons. The van der Waals surface area contributed by atoms with E-state index in [2.05, 4.69) is 10.3 Å². The number of hydrogen-bond donors (Lipinski definition) is 1. The molecule has 1 N–H and O–H groups in total. The topological polar surface area (TPSA) is 87.3 Å². The number of fused-ring (bicyclic) bond motifs is 1. The number of Topliss-reactive ketones (excluding diaryl/α,β-unsaturated/α-hetero) is 1. The van der Waals surface area contributed by atoms with E-state index in [4.69, 9.17) is 0 Å². The van der Waals surface area contributed by atoms with Crippen LogP contribution in [0.1, 0.15) is 73.9 Å². The average molecular weight is 484 g/mol. The lowest BCUT2D eigenvalue weighted by molar-refractivity contribution is -0.141. The number of aromatic nitrogens is 2. The maximum absolute atomic E-state index is 13.8. The highest BCUT2D eigenvalue weighted by molar-refractivity contribution is 5.98. The van der Waals surface area contributed by atoms with Gasteiger partial charge in [-0.25, -0.2) is 13.8 Å². The van der Waals surface area contributed by atoms with Crippen LogP contribution in [0.25, 0.3) is 5.65 Å². The minimum Gasteiger partial charge on any atom is -0.345 e. The van der Waals surface area contributed by atoms with Crippen molar-refractivity contribution in [2.75, 3.05) is 6.54 Å². The van der Waals surface area contributed by atoms with E-state index in [0.29, 0.717) is 0 Å². The van der Waals surface area contributed by atoms with Gasteiger partial charge in [-0.2, -0.15) is 18.4 Å². The zero-order chi connectivity index (χ0) is 25.5. The van der Waals surface area contributed by atoms with Gasteiger partial charge in [-0.05, 0) is 37.3 Å². The fourth-order valence-corrected chi connectivity index (χ4v) is 3.97. The van der Waals surface area contributed by atoms with E-state index in [-0.39, 0.29) is 54.2 Å². The first-order valence-corrected chi connectivity index (χ1v) is 10.8. The molecule has 0 atom stereocenters. The molecular formula is C23H25F5N4O2. The molecule has 2 heterocycles. The van der Waals surface area contributed by atoms with E-state index in [1.807, 2.05) is 0 Å². The van der Waals surface area contributed by atoms with E-state index in [9.17, 15) is 36.8 Å². The van der Waals surface area contributed by atoms with Crippen LogP contribution in [0.5, 0.6) is 0 Å². The molecule has 1 amide bonds. The summed E-state index contributed by atoms with van der Waals surface area (Å²) in [5.74, 6) is -4.22. The van der Waals surface area contributed by atoms with E-state index in [0.717, 1.165) is 16.5 Å².